The molecule has 0 amide bonds. The molecule has 0 heterocycles. The number of hydrogen-bond donors (Lipinski definition) is 1. The molecule has 1 N–H and O–H groups in total. The van der Waals surface area contributed by atoms with Gasteiger partial charge in [0.15, 0.2) is 9.84 Å². The Labute approximate surface area is 143 Å². The molecule has 0 saturated heterocycles. The predicted molar refractivity (Wildman–Crippen MR) is 93.7 cm³/mol. The van der Waals surface area contributed by atoms with E-state index in [4.69, 9.17) is 5.11 Å². The minimum absolute atomic E-state index is 0.194. The molecule has 128 valence electrons. The van der Waals surface area contributed by atoms with Crippen molar-refractivity contribution in [3.63, 3.8) is 0 Å². The fraction of sp³-hybridized carbons (Fsp3) is 0.316. The lowest BCUT2D eigenvalue weighted by Crippen LogP contribution is -2.25. The number of sulfone groups is 1. The number of unbranched alkanes of at least 4 members (excludes halogenated alkanes) is 1. The minimum Gasteiger partial charge on any atom is -0.481 e. The first-order valence-electron chi connectivity index (χ1n) is 8.05. The Morgan fingerprint density at radius 3 is 2.08 bits per heavy atom. The molecule has 1 unspecified atom stereocenters. The van der Waals surface area contributed by atoms with Crippen LogP contribution in [0.1, 0.15) is 31.2 Å². The van der Waals surface area contributed by atoms with Crippen LogP contribution in [-0.4, -0.2) is 24.7 Å². The molecule has 0 aliphatic carbocycles. The molecule has 0 aliphatic heterocycles. The molecule has 0 fully saturated rings. The van der Waals surface area contributed by atoms with Crippen LogP contribution in [0.25, 0.3) is 0 Å². The van der Waals surface area contributed by atoms with Gasteiger partial charge in [-0.15, -0.1) is 0 Å². The van der Waals surface area contributed by atoms with E-state index >= 15 is 0 Å². The number of aryl methyl sites for hydroxylation is 1. The van der Waals surface area contributed by atoms with Gasteiger partial charge in [0.1, 0.15) is 0 Å². The van der Waals surface area contributed by atoms with E-state index in [1.165, 1.54) is 17.7 Å². The lowest BCUT2D eigenvalue weighted by atomic mass is 10.1. The van der Waals surface area contributed by atoms with Crippen LogP contribution in [0.5, 0.6) is 0 Å². The molecule has 0 aliphatic rings. The van der Waals surface area contributed by atoms with Gasteiger partial charge in [-0.05, 0) is 37.0 Å². The van der Waals surface area contributed by atoms with E-state index in [-0.39, 0.29) is 11.3 Å². The Morgan fingerprint density at radius 1 is 0.917 bits per heavy atom. The summed E-state index contributed by atoms with van der Waals surface area (Å²) in [7, 11) is -3.62. The molecule has 0 saturated carbocycles. The maximum Gasteiger partial charge on any atom is 0.304 e. The molecule has 2 aromatic carbocycles. The Bertz CT molecular complexity index is 739. The van der Waals surface area contributed by atoms with Crippen molar-refractivity contribution in [1.82, 2.24) is 0 Å². The third kappa shape index (κ3) is 5.20. The minimum atomic E-state index is -3.62. The van der Waals surface area contributed by atoms with Crippen molar-refractivity contribution in [1.29, 1.82) is 0 Å². The number of rotatable bonds is 9. The summed E-state index contributed by atoms with van der Waals surface area (Å²) >= 11 is 0. The van der Waals surface area contributed by atoms with E-state index < -0.39 is 21.1 Å². The first-order chi connectivity index (χ1) is 11.5. The second-order valence-electron chi connectivity index (χ2n) is 5.81. The average Bonchev–Trinajstić information content (AvgIpc) is 2.59. The van der Waals surface area contributed by atoms with Gasteiger partial charge in [-0.25, -0.2) is 8.42 Å². The van der Waals surface area contributed by atoms with Crippen molar-refractivity contribution in [2.45, 2.75) is 42.2 Å². The third-order valence-corrected chi connectivity index (χ3v) is 6.21. The molecule has 0 spiro atoms. The van der Waals surface area contributed by atoms with Crippen LogP contribution in [0.15, 0.2) is 65.6 Å². The molecule has 0 aromatic heterocycles. The Kier molecular flexibility index (Phi) is 6.55. The molecule has 0 bridgehead atoms. The maximum atomic E-state index is 12.7. The summed E-state index contributed by atoms with van der Waals surface area (Å²) in [4.78, 5) is 11.3. The van der Waals surface area contributed by atoms with Crippen LogP contribution in [0, 0.1) is 0 Å². The topological polar surface area (TPSA) is 71.4 Å². The average molecular weight is 346 g/mol. The molecular formula is C19H22O4S. The van der Waals surface area contributed by atoms with Gasteiger partial charge >= 0.3 is 5.97 Å². The van der Waals surface area contributed by atoms with E-state index in [1.54, 1.807) is 18.2 Å². The third-order valence-electron chi connectivity index (χ3n) is 4.00. The molecule has 2 aromatic rings. The van der Waals surface area contributed by atoms with Gasteiger partial charge in [-0.1, -0.05) is 55.0 Å². The van der Waals surface area contributed by atoms with Gasteiger partial charge in [0, 0.05) is 0 Å². The van der Waals surface area contributed by atoms with Crippen LogP contribution in [0.2, 0.25) is 0 Å². The molecule has 0 radical (unpaired) electrons. The van der Waals surface area contributed by atoms with Crippen LogP contribution in [-0.2, 0) is 21.1 Å². The first-order valence-corrected chi connectivity index (χ1v) is 9.59. The normalized spacial score (nSPS) is 12.7. The lowest BCUT2D eigenvalue weighted by molar-refractivity contribution is -0.137. The number of carboxylic acids is 1. The smallest absolute Gasteiger partial charge is 0.304 e. The Hall–Kier alpha value is -2.14. The zero-order valence-corrected chi connectivity index (χ0v) is 14.3. The molecule has 4 nitrogen and oxygen atoms in total. The number of hydrogen-bond acceptors (Lipinski definition) is 3. The van der Waals surface area contributed by atoms with Crippen LogP contribution in [0.3, 0.4) is 0 Å². The summed E-state index contributed by atoms with van der Waals surface area (Å²) in [5, 5.41) is 8.18. The van der Waals surface area contributed by atoms with Crippen LogP contribution in [0.4, 0.5) is 0 Å². The van der Waals surface area contributed by atoms with Crippen molar-refractivity contribution in [2.75, 3.05) is 0 Å². The van der Waals surface area contributed by atoms with E-state index in [0.717, 1.165) is 12.8 Å². The Morgan fingerprint density at radius 2 is 1.50 bits per heavy atom. The first kappa shape index (κ1) is 18.2. The van der Waals surface area contributed by atoms with Crippen molar-refractivity contribution < 1.29 is 18.3 Å². The van der Waals surface area contributed by atoms with Crippen molar-refractivity contribution >= 4 is 15.8 Å². The molecule has 2 rings (SSSR count). The summed E-state index contributed by atoms with van der Waals surface area (Å²) in [5.74, 6) is -1.08. The maximum absolute atomic E-state index is 12.7. The van der Waals surface area contributed by atoms with Crippen molar-refractivity contribution in [3.05, 3.63) is 66.2 Å². The summed E-state index contributed by atoms with van der Waals surface area (Å²) in [6.07, 6.45) is 2.38. The highest BCUT2D eigenvalue weighted by molar-refractivity contribution is 7.92. The zero-order valence-electron chi connectivity index (χ0n) is 13.5. The van der Waals surface area contributed by atoms with Crippen LogP contribution < -0.4 is 0 Å². The largest absolute Gasteiger partial charge is 0.481 e. The quantitative estimate of drug-likeness (QED) is 0.703. The molecule has 24 heavy (non-hydrogen) atoms. The van der Waals surface area contributed by atoms with E-state index in [1.807, 2.05) is 30.3 Å². The van der Waals surface area contributed by atoms with Crippen molar-refractivity contribution in [2.24, 2.45) is 0 Å². The monoisotopic (exact) mass is 346 g/mol. The summed E-state index contributed by atoms with van der Waals surface area (Å²) < 4.78 is 25.3. The van der Waals surface area contributed by atoms with E-state index in [9.17, 15) is 13.2 Å². The predicted octanol–water partition coefficient (Wildman–Crippen LogP) is 3.72. The van der Waals surface area contributed by atoms with E-state index in [0.29, 0.717) is 12.8 Å². The fourth-order valence-corrected chi connectivity index (χ4v) is 4.47. The Balaban J connectivity index is 1.99. The highest BCUT2D eigenvalue weighted by Gasteiger charge is 2.29. The highest BCUT2D eigenvalue weighted by atomic mass is 32.2. The van der Waals surface area contributed by atoms with Gasteiger partial charge in [0.25, 0.3) is 0 Å². The van der Waals surface area contributed by atoms with Gasteiger partial charge in [0.05, 0.1) is 16.6 Å². The summed E-state index contributed by atoms with van der Waals surface area (Å²) in [6.45, 7) is 0. The number of carboxylic acid groups (broad SMARTS) is 1. The summed E-state index contributed by atoms with van der Waals surface area (Å²) in [5.41, 5.74) is 1.21. The van der Waals surface area contributed by atoms with Crippen LogP contribution >= 0.6 is 0 Å². The SMILES string of the molecule is O=C(O)CC(CCCCc1ccccc1)S(=O)(=O)c1ccccc1. The number of benzene rings is 2. The number of aliphatic carboxylic acids is 1. The second-order valence-corrected chi connectivity index (χ2v) is 8.04. The highest BCUT2D eigenvalue weighted by Crippen LogP contribution is 2.23. The standard InChI is InChI=1S/C19H22O4S/c20-19(21)15-18(24(22,23)17-12-5-2-6-13-17)14-8-7-11-16-9-3-1-4-10-16/h1-6,9-10,12-13,18H,7-8,11,14-15H2,(H,20,21). The zero-order chi connectivity index (χ0) is 17.4. The fourth-order valence-electron chi connectivity index (χ4n) is 2.71. The second kappa shape index (κ2) is 8.64. The molecular weight excluding hydrogens is 324 g/mol. The molecule has 5 heteroatoms. The van der Waals surface area contributed by atoms with E-state index in [2.05, 4.69) is 0 Å². The van der Waals surface area contributed by atoms with Gasteiger partial charge < -0.3 is 5.11 Å². The lowest BCUT2D eigenvalue weighted by Gasteiger charge is -2.16. The molecule has 1 atom stereocenters. The number of carbonyl (C=O) groups is 1. The summed E-state index contributed by atoms with van der Waals surface area (Å²) in [6, 6.07) is 18.1. The van der Waals surface area contributed by atoms with Gasteiger partial charge in [-0.3, -0.25) is 4.79 Å². The van der Waals surface area contributed by atoms with Gasteiger partial charge in [-0.2, -0.15) is 0 Å². The van der Waals surface area contributed by atoms with Gasteiger partial charge in [0.2, 0.25) is 0 Å². The van der Waals surface area contributed by atoms with Crippen molar-refractivity contribution in [3.8, 4) is 0 Å².